The second kappa shape index (κ2) is 26.1. The van der Waals surface area contributed by atoms with Crippen molar-refractivity contribution in [1.29, 1.82) is 0 Å². The van der Waals surface area contributed by atoms with Gasteiger partial charge in [0.25, 0.3) is 6.71 Å². The zero-order valence-corrected chi connectivity index (χ0v) is 68.6. The van der Waals surface area contributed by atoms with Crippen molar-refractivity contribution in [1.82, 2.24) is 4.40 Å². The highest BCUT2D eigenvalue weighted by atomic mass is 15.2. The monoisotopic (exact) mass is 1450 g/mol. The van der Waals surface area contributed by atoms with Crippen LogP contribution in [-0.4, -0.2) is 11.1 Å². The van der Waals surface area contributed by atoms with Gasteiger partial charge in [0.15, 0.2) is 0 Å². The first-order chi connectivity index (χ1) is 53.3. The fraction of sp³-hybridized carbons (Fsp3) is 0.222. The molecule has 0 N–H and O–H groups in total. The summed E-state index contributed by atoms with van der Waals surface area (Å²) in [5.74, 6) is 0. The molecule has 0 atom stereocenters. The molecule has 18 rings (SSSR count). The van der Waals surface area contributed by atoms with Crippen LogP contribution in [0.2, 0.25) is 0 Å². The topological polar surface area (TPSA) is 10.9 Å². The van der Waals surface area contributed by atoms with Gasteiger partial charge in [0.05, 0.1) is 27.9 Å². The number of rotatable bonds is 9. The normalized spacial score (nSPS) is 13.4. The molecule has 0 radical (unpaired) electrons. The van der Waals surface area contributed by atoms with E-state index < -0.39 is 0 Å². The summed E-state index contributed by atoms with van der Waals surface area (Å²) in [4.78, 5) is 5.53. The Bertz CT molecular complexity index is 5930. The Morgan fingerprint density at radius 3 is 0.884 bits per heavy atom. The van der Waals surface area contributed by atoms with Crippen molar-refractivity contribution in [2.75, 3.05) is 9.80 Å². The Labute approximate surface area is 664 Å². The van der Waals surface area contributed by atoms with Crippen molar-refractivity contribution in [2.45, 2.75) is 157 Å². The SMILES string of the molecule is CC(C)(C)c1cc(-c2ccc3c(c2)N(c2c(-c4ccccc4)cc(C(C)(C)C)cc2-c2ccccc2)c2cc(-c4ccc5c(c4)c4cccc6c7ccccc7n5c64)cc4c2B3c2ccc(-c3cc(C(C)(C)C)cc(C(C)(C)C)c3)cc2N4c2c(-c3ccccc3)cc(C(C)(C)C)cc2-c2ccccc2)cc(C(C)(C)C)c1. The smallest absolute Gasteiger partial charge is 0.252 e. The molecule has 0 saturated carbocycles. The summed E-state index contributed by atoms with van der Waals surface area (Å²) in [6.45, 7) is 42.3. The van der Waals surface area contributed by atoms with Gasteiger partial charge in [-0.25, -0.2) is 0 Å². The van der Waals surface area contributed by atoms with E-state index in [4.69, 9.17) is 0 Å². The number of hydrogen-bond acceptors (Lipinski definition) is 2. The first-order valence-electron chi connectivity index (χ1n) is 40.5. The largest absolute Gasteiger partial charge is 0.310 e. The summed E-state index contributed by atoms with van der Waals surface area (Å²) >= 11 is 0. The van der Waals surface area contributed by atoms with Crippen LogP contribution in [0.1, 0.15) is 158 Å². The van der Waals surface area contributed by atoms with E-state index in [1.54, 1.807) is 0 Å². The fourth-order valence-electron chi connectivity index (χ4n) is 17.9. The number of fused-ring (bicyclic) bond motifs is 10. The molecular weight excluding hydrogens is 1350 g/mol. The van der Waals surface area contributed by atoms with E-state index in [1.807, 2.05) is 0 Å². The molecule has 0 bridgehead atoms. The van der Waals surface area contributed by atoms with Crippen molar-refractivity contribution in [3.63, 3.8) is 0 Å². The minimum Gasteiger partial charge on any atom is -0.310 e. The first kappa shape index (κ1) is 72.1. The standard InChI is InChI=1S/C108H102BN3/c1-103(2,3)77-52-74(53-78(61-77)104(4,5)6)72-46-49-91-95(57-72)111(101-86(67-34-23-19-24-35-67)63-81(107(13,14)15)64-87(101)68-36-25-20-26-37-68)97-59-76(71-48-51-94-90(56-71)85-44-33-43-84-83-42-31-32-45-93(83)110(94)100(84)85)60-98-99(97)109(91)92-50-47-73(75-54-79(105(7,8)9)62-80(55-75)106(10,11)12)58-96(92)112(98)102-88(69-38-27-21-28-39-69)65-82(108(16,17)18)66-89(102)70-40-29-22-30-41-70/h19-66H,1-18H3. The summed E-state index contributed by atoms with van der Waals surface area (Å²) in [5.41, 5.74) is 37.7. The number of para-hydroxylation sites is 2. The molecular formula is C108H102BN3. The van der Waals surface area contributed by atoms with Crippen LogP contribution in [0.4, 0.5) is 34.1 Å². The molecule has 4 heterocycles. The van der Waals surface area contributed by atoms with Gasteiger partial charge in [-0.15, -0.1) is 0 Å². The summed E-state index contributed by atoms with van der Waals surface area (Å²) in [6, 6.07) is 114. The fourth-order valence-corrected chi connectivity index (χ4v) is 17.9. The molecule has 0 amide bonds. The molecule has 16 aromatic rings. The zero-order valence-electron chi connectivity index (χ0n) is 68.6. The van der Waals surface area contributed by atoms with Gasteiger partial charge >= 0.3 is 0 Å². The van der Waals surface area contributed by atoms with Crippen molar-refractivity contribution >= 4 is 95.3 Å². The van der Waals surface area contributed by atoms with Gasteiger partial charge in [-0.3, -0.25) is 0 Å². The Morgan fingerprint density at radius 1 is 0.214 bits per heavy atom. The zero-order chi connectivity index (χ0) is 78.0. The maximum atomic E-state index is 2.77. The average molecular weight is 1450 g/mol. The molecule has 0 aliphatic carbocycles. The summed E-state index contributed by atoms with van der Waals surface area (Å²) in [7, 11) is 0. The van der Waals surface area contributed by atoms with Crippen LogP contribution in [0.3, 0.4) is 0 Å². The number of benzene rings is 14. The lowest BCUT2D eigenvalue weighted by molar-refractivity contribution is 0.568. The van der Waals surface area contributed by atoms with Gasteiger partial charge in [0.2, 0.25) is 0 Å². The van der Waals surface area contributed by atoms with Gasteiger partial charge in [0.1, 0.15) is 0 Å². The predicted molar refractivity (Wildman–Crippen MR) is 485 cm³/mol. The number of nitrogens with zero attached hydrogens (tertiary/aromatic N) is 3. The minimum absolute atomic E-state index is 0.111. The van der Waals surface area contributed by atoms with E-state index in [2.05, 4.69) is 430 Å². The minimum atomic E-state index is -0.253. The molecule has 3 nitrogen and oxygen atoms in total. The third-order valence-electron chi connectivity index (χ3n) is 24.4. The molecule has 0 saturated heterocycles. The van der Waals surface area contributed by atoms with E-state index in [1.165, 1.54) is 132 Å². The van der Waals surface area contributed by atoms with E-state index in [-0.39, 0.29) is 39.2 Å². The molecule has 552 valence electrons. The molecule has 2 aromatic heterocycles. The molecule has 112 heavy (non-hydrogen) atoms. The Hall–Kier alpha value is -11.5. The Balaban J connectivity index is 1.05. The van der Waals surface area contributed by atoms with Crippen LogP contribution in [0, 0.1) is 0 Å². The van der Waals surface area contributed by atoms with E-state index in [0.717, 1.165) is 67.5 Å². The molecule has 0 fully saturated rings. The van der Waals surface area contributed by atoms with Crippen molar-refractivity contribution < 1.29 is 0 Å². The number of anilines is 6. The van der Waals surface area contributed by atoms with E-state index in [0.29, 0.717) is 0 Å². The van der Waals surface area contributed by atoms with Crippen molar-refractivity contribution in [3.05, 3.63) is 325 Å². The number of aromatic nitrogens is 1. The lowest BCUT2D eigenvalue weighted by Crippen LogP contribution is -2.61. The summed E-state index contributed by atoms with van der Waals surface area (Å²) in [6.07, 6.45) is 0. The maximum absolute atomic E-state index is 2.77. The summed E-state index contributed by atoms with van der Waals surface area (Å²) < 4.78 is 2.52. The second-order valence-corrected chi connectivity index (χ2v) is 38.3. The summed E-state index contributed by atoms with van der Waals surface area (Å²) in [5, 5.41) is 5.04. The van der Waals surface area contributed by atoms with Crippen molar-refractivity contribution in [2.24, 2.45) is 0 Å². The maximum Gasteiger partial charge on any atom is 0.252 e. The molecule has 4 heteroatoms. The lowest BCUT2D eigenvalue weighted by Gasteiger charge is -2.46. The highest BCUT2D eigenvalue weighted by Crippen LogP contribution is 2.57. The third-order valence-corrected chi connectivity index (χ3v) is 24.4. The van der Waals surface area contributed by atoms with Crippen LogP contribution in [0.25, 0.3) is 116 Å². The van der Waals surface area contributed by atoms with Crippen LogP contribution in [0.5, 0.6) is 0 Å². The second-order valence-electron chi connectivity index (χ2n) is 38.3. The first-order valence-corrected chi connectivity index (χ1v) is 40.5. The highest BCUT2D eigenvalue weighted by Gasteiger charge is 2.47. The molecule has 2 aliphatic rings. The van der Waals surface area contributed by atoms with Crippen LogP contribution >= 0.6 is 0 Å². The Kier molecular flexibility index (Phi) is 16.8. The number of hydrogen-bond donors (Lipinski definition) is 0. The molecule has 0 unspecified atom stereocenters. The average Bonchev–Trinajstić information content (AvgIpc) is 0.813. The van der Waals surface area contributed by atoms with Gasteiger partial charge < -0.3 is 14.2 Å². The lowest BCUT2D eigenvalue weighted by atomic mass is 9.33. The molecule has 0 spiro atoms. The Morgan fingerprint density at radius 2 is 0.509 bits per heavy atom. The quantitative estimate of drug-likeness (QED) is 0.133. The molecule has 2 aliphatic heterocycles. The van der Waals surface area contributed by atoms with Gasteiger partial charge in [-0.1, -0.05) is 349 Å². The van der Waals surface area contributed by atoms with E-state index >= 15 is 0 Å². The molecule has 14 aromatic carbocycles. The van der Waals surface area contributed by atoms with Crippen LogP contribution in [-0.2, 0) is 32.5 Å². The van der Waals surface area contributed by atoms with Crippen LogP contribution in [0.15, 0.2) is 291 Å². The van der Waals surface area contributed by atoms with Gasteiger partial charge in [0, 0.05) is 66.5 Å². The van der Waals surface area contributed by atoms with Crippen molar-refractivity contribution in [3.8, 4) is 77.9 Å². The highest BCUT2D eigenvalue weighted by molar-refractivity contribution is 7.00. The van der Waals surface area contributed by atoms with Crippen LogP contribution < -0.4 is 26.2 Å². The van der Waals surface area contributed by atoms with Gasteiger partial charge in [-0.2, -0.15) is 0 Å². The third kappa shape index (κ3) is 12.3. The van der Waals surface area contributed by atoms with Gasteiger partial charge in [-0.05, 0) is 205 Å². The predicted octanol–water partition coefficient (Wildman–Crippen LogP) is 28.4. The van der Waals surface area contributed by atoms with E-state index in [9.17, 15) is 0 Å².